The van der Waals surface area contributed by atoms with Gasteiger partial charge in [0, 0.05) is 11.8 Å². The second-order valence-electron chi connectivity index (χ2n) is 9.10. The van der Waals surface area contributed by atoms with E-state index in [2.05, 4.69) is 18.8 Å². The number of amides is 1. The average molecular weight is 503 g/mol. The molecule has 2 heterocycles. The molecule has 0 aliphatic carbocycles. The summed E-state index contributed by atoms with van der Waals surface area (Å²) in [6, 6.07) is 16.6. The Kier molecular flexibility index (Phi) is 7.77. The molecule has 1 aliphatic heterocycles. The predicted molar refractivity (Wildman–Crippen MR) is 138 cm³/mol. The molecular weight excluding hydrogens is 472 g/mol. The monoisotopic (exact) mass is 502 g/mol. The molecule has 0 saturated carbocycles. The number of carbonyl (C=O) groups is 2. The number of hydrogen-bond acceptors (Lipinski definition) is 7. The summed E-state index contributed by atoms with van der Waals surface area (Å²) in [6.45, 7) is 4.71. The number of nitrogens with zero attached hydrogens (tertiary/aromatic N) is 2. The van der Waals surface area contributed by atoms with E-state index in [1.807, 2.05) is 24.3 Å². The van der Waals surface area contributed by atoms with Crippen molar-refractivity contribution in [2.75, 3.05) is 20.8 Å². The molecule has 4 rings (SSSR count). The van der Waals surface area contributed by atoms with Crippen molar-refractivity contribution < 1.29 is 28.9 Å². The van der Waals surface area contributed by atoms with Crippen LogP contribution in [0.5, 0.6) is 17.2 Å². The Morgan fingerprint density at radius 3 is 2.46 bits per heavy atom. The minimum Gasteiger partial charge on any atom is -0.507 e. The van der Waals surface area contributed by atoms with Crippen LogP contribution in [0.15, 0.2) is 72.4 Å². The third-order valence-corrected chi connectivity index (χ3v) is 6.01. The van der Waals surface area contributed by atoms with Crippen molar-refractivity contribution in [2.45, 2.75) is 26.4 Å². The number of carbonyl (C=O) groups excluding carboxylic acids is 2. The third-order valence-electron chi connectivity index (χ3n) is 6.01. The van der Waals surface area contributed by atoms with Gasteiger partial charge in [0.15, 0.2) is 11.5 Å². The fraction of sp³-hybridized carbons (Fsp3) is 0.276. The topological polar surface area (TPSA) is 98.2 Å². The Labute approximate surface area is 216 Å². The lowest BCUT2D eigenvalue weighted by molar-refractivity contribution is -0.140. The van der Waals surface area contributed by atoms with E-state index < -0.39 is 17.7 Å². The molecular formula is C29H30N2O6. The van der Waals surface area contributed by atoms with Crippen molar-refractivity contribution in [3.05, 3.63) is 89.3 Å². The van der Waals surface area contributed by atoms with E-state index >= 15 is 0 Å². The molecule has 1 aromatic heterocycles. The molecule has 8 heteroatoms. The van der Waals surface area contributed by atoms with Gasteiger partial charge in [-0.15, -0.1) is 0 Å². The Hall–Kier alpha value is -4.33. The number of Topliss-reactive ketones (excluding diaryl/α,β-unsaturated/α-hetero) is 1. The molecule has 2 aromatic carbocycles. The second kappa shape index (κ2) is 11.2. The van der Waals surface area contributed by atoms with Gasteiger partial charge in [0.25, 0.3) is 11.7 Å². The molecule has 1 atom stereocenters. The largest absolute Gasteiger partial charge is 0.507 e. The molecule has 8 nitrogen and oxygen atoms in total. The number of aliphatic hydroxyl groups is 1. The quantitative estimate of drug-likeness (QED) is 0.256. The normalized spacial score (nSPS) is 16.8. The first-order valence-electron chi connectivity index (χ1n) is 12.0. The second-order valence-corrected chi connectivity index (χ2v) is 9.10. The SMILES string of the molecule is COc1ccc(/C(O)=C2\C(=O)C(=O)N(Cc3ccccn3)C2c2cccc(OCC(C)C)c2)cc1OC. The lowest BCUT2D eigenvalue weighted by Crippen LogP contribution is -2.29. The van der Waals surface area contributed by atoms with Crippen LogP contribution in [0.1, 0.15) is 36.7 Å². The van der Waals surface area contributed by atoms with Crippen LogP contribution in [0.4, 0.5) is 0 Å². The van der Waals surface area contributed by atoms with Gasteiger partial charge in [-0.1, -0.05) is 32.0 Å². The summed E-state index contributed by atoms with van der Waals surface area (Å²) < 4.78 is 16.6. The number of hydrogen-bond donors (Lipinski definition) is 1. The highest BCUT2D eigenvalue weighted by Gasteiger charge is 2.46. The smallest absolute Gasteiger partial charge is 0.296 e. The van der Waals surface area contributed by atoms with Gasteiger partial charge < -0.3 is 24.2 Å². The standard InChI is InChI=1S/C29H30N2O6/c1-18(2)17-37-22-10-7-8-19(14-22)26-25(27(32)20-11-12-23(35-3)24(15-20)36-4)28(33)29(34)31(26)16-21-9-5-6-13-30-21/h5-15,18,26,32H,16-17H2,1-4H3/b27-25+. The van der Waals surface area contributed by atoms with Crippen LogP contribution in [0.3, 0.4) is 0 Å². The fourth-order valence-corrected chi connectivity index (χ4v) is 4.23. The van der Waals surface area contributed by atoms with Crippen LogP contribution in [-0.4, -0.2) is 47.5 Å². The van der Waals surface area contributed by atoms with Crippen LogP contribution in [0.25, 0.3) is 5.76 Å². The minimum atomic E-state index is -0.849. The summed E-state index contributed by atoms with van der Waals surface area (Å²) in [5, 5.41) is 11.4. The van der Waals surface area contributed by atoms with E-state index in [9.17, 15) is 14.7 Å². The molecule has 1 aliphatic rings. The zero-order valence-corrected chi connectivity index (χ0v) is 21.3. The molecule has 0 spiro atoms. The third kappa shape index (κ3) is 5.43. The number of pyridine rings is 1. The van der Waals surface area contributed by atoms with Crippen LogP contribution in [0.2, 0.25) is 0 Å². The van der Waals surface area contributed by atoms with E-state index in [1.165, 1.54) is 19.1 Å². The van der Waals surface area contributed by atoms with E-state index in [-0.39, 0.29) is 17.9 Å². The van der Waals surface area contributed by atoms with Gasteiger partial charge in [-0.25, -0.2) is 0 Å². The first-order chi connectivity index (χ1) is 17.8. The van der Waals surface area contributed by atoms with Gasteiger partial charge >= 0.3 is 0 Å². The van der Waals surface area contributed by atoms with Crippen molar-refractivity contribution >= 4 is 17.4 Å². The molecule has 1 N–H and O–H groups in total. The lowest BCUT2D eigenvalue weighted by Gasteiger charge is -2.25. The Morgan fingerprint density at radius 1 is 1.00 bits per heavy atom. The van der Waals surface area contributed by atoms with Gasteiger partial charge in [-0.3, -0.25) is 14.6 Å². The number of aliphatic hydroxyl groups excluding tert-OH is 1. The van der Waals surface area contributed by atoms with Gasteiger partial charge in [0.1, 0.15) is 11.5 Å². The maximum atomic E-state index is 13.4. The summed E-state index contributed by atoms with van der Waals surface area (Å²) in [7, 11) is 2.99. The molecule has 192 valence electrons. The number of aromatic nitrogens is 1. The molecule has 1 unspecified atom stereocenters. The van der Waals surface area contributed by atoms with Crippen molar-refractivity contribution in [2.24, 2.45) is 5.92 Å². The van der Waals surface area contributed by atoms with Crippen LogP contribution >= 0.6 is 0 Å². The minimum absolute atomic E-state index is 0.0193. The molecule has 1 amide bonds. The highest BCUT2D eigenvalue weighted by Crippen LogP contribution is 2.42. The van der Waals surface area contributed by atoms with Crippen LogP contribution in [0, 0.1) is 5.92 Å². The van der Waals surface area contributed by atoms with Crippen molar-refractivity contribution in [1.82, 2.24) is 9.88 Å². The van der Waals surface area contributed by atoms with Crippen LogP contribution < -0.4 is 14.2 Å². The van der Waals surface area contributed by atoms with Crippen molar-refractivity contribution in [3.8, 4) is 17.2 Å². The summed E-state index contributed by atoms with van der Waals surface area (Å²) in [5.74, 6) is -0.00503. The highest BCUT2D eigenvalue weighted by atomic mass is 16.5. The van der Waals surface area contributed by atoms with Gasteiger partial charge in [0.05, 0.1) is 44.7 Å². The Balaban J connectivity index is 1.85. The summed E-state index contributed by atoms with van der Waals surface area (Å²) in [5.41, 5.74) is 1.56. The van der Waals surface area contributed by atoms with E-state index in [0.717, 1.165) is 0 Å². The van der Waals surface area contributed by atoms with Crippen molar-refractivity contribution in [1.29, 1.82) is 0 Å². The Morgan fingerprint density at radius 2 is 1.78 bits per heavy atom. The highest BCUT2D eigenvalue weighted by molar-refractivity contribution is 6.46. The Bertz CT molecular complexity index is 1320. The van der Waals surface area contributed by atoms with Crippen LogP contribution in [-0.2, 0) is 16.1 Å². The first-order valence-corrected chi connectivity index (χ1v) is 12.0. The lowest BCUT2D eigenvalue weighted by atomic mass is 9.95. The predicted octanol–water partition coefficient (Wildman–Crippen LogP) is 4.76. The molecule has 1 fully saturated rings. The number of ketones is 1. The molecule has 3 aromatic rings. The van der Waals surface area contributed by atoms with E-state index in [1.54, 1.807) is 42.6 Å². The summed E-state index contributed by atoms with van der Waals surface area (Å²) >= 11 is 0. The number of benzene rings is 2. The zero-order chi connectivity index (χ0) is 26.5. The number of ether oxygens (including phenoxy) is 3. The summed E-state index contributed by atoms with van der Waals surface area (Å²) in [6.07, 6.45) is 1.63. The maximum Gasteiger partial charge on any atom is 0.296 e. The number of rotatable bonds is 9. The maximum absolute atomic E-state index is 13.4. The van der Waals surface area contributed by atoms with Gasteiger partial charge in [-0.05, 0) is 53.9 Å². The van der Waals surface area contributed by atoms with E-state index in [0.29, 0.717) is 46.6 Å². The zero-order valence-electron chi connectivity index (χ0n) is 21.3. The number of likely N-dealkylation sites (tertiary alicyclic amines) is 1. The van der Waals surface area contributed by atoms with Gasteiger partial charge in [-0.2, -0.15) is 0 Å². The molecule has 37 heavy (non-hydrogen) atoms. The number of methoxy groups -OCH3 is 2. The summed E-state index contributed by atoms with van der Waals surface area (Å²) in [4.78, 5) is 32.4. The average Bonchev–Trinajstić information content (AvgIpc) is 3.16. The van der Waals surface area contributed by atoms with E-state index in [4.69, 9.17) is 14.2 Å². The fourth-order valence-electron chi connectivity index (χ4n) is 4.23. The molecule has 0 bridgehead atoms. The van der Waals surface area contributed by atoms with Gasteiger partial charge in [0.2, 0.25) is 0 Å². The first kappa shape index (κ1) is 25.8. The van der Waals surface area contributed by atoms with Crippen molar-refractivity contribution in [3.63, 3.8) is 0 Å². The molecule has 0 radical (unpaired) electrons. The molecule has 1 saturated heterocycles.